The first-order valence-corrected chi connectivity index (χ1v) is 4.89. The molecule has 1 aliphatic rings. The van der Waals surface area contributed by atoms with E-state index in [1.807, 2.05) is 13.0 Å². The Labute approximate surface area is 89.1 Å². The topological polar surface area (TPSA) is 33.2 Å². The van der Waals surface area contributed by atoms with Crippen LogP contribution in [0.1, 0.15) is 12.0 Å². The van der Waals surface area contributed by atoms with Crippen LogP contribution < -0.4 is 4.90 Å². The maximum absolute atomic E-state index is 11.7. The number of aryl methyl sites for hydroxylation is 1. The summed E-state index contributed by atoms with van der Waals surface area (Å²) in [4.78, 5) is 17.5. The highest BCUT2D eigenvalue weighted by atomic mass is 16.2. The number of anilines is 1. The Morgan fingerprint density at radius 3 is 3.07 bits per heavy atom. The lowest BCUT2D eigenvalue weighted by molar-refractivity contribution is -0.117. The monoisotopic (exact) mass is 200 g/mol. The van der Waals surface area contributed by atoms with Gasteiger partial charge >= 0.3 is 0 Å². The third kappa shape index (κ3) is 1.71. The fraction of sp³-hybridized carbons (Fsp3) is 0.333. The average Bonchev–Trinajstić information content (AvgIpc) is 2.60. The van der Waals surface area contributed by atoms with Crippen LogP contribution in [0, 0.1) is 25.2 Å². The van der Waals surface area contributed by atoms with Crippen LogP contribution in [0.2, 0.25) is 0 Å². The number of hydrogen-bond donors (Lipinski definition) is 0. The molecule has 76 valence electrons. The fourth-order valence-corrected chi connectivity index (χ4v) is 1.82. The standard InChI is InChI=1S/C12H12N2O/c1-3-10-6-12(15)14(8-10)11-4-5-13-7-9(11)2/h1,4-5,7,10H,6,8H2,2H3. The second-order valence-corrected chi connectivity index (χ2v) is 3.73. The van der Waals surface area contributed by atoms with Crippen molar-refractivity contribution in [2.75, 3.05) is 11.4 Å². The Morgan fingerprint density at radius 1 is 1.67 bits per heavy atom. The van der Waals surface area contributed by atoms with Crippen molar-refractivity contribution >= 4 is 11.6 Å². The molecule has 2 heterocycles. The zero-order chi connectivity index (χ0) is 10.8. The summed E-state index contributed by atoms with van der Waals surface area (Å²) in [5.74, 6) is 2.79. The lowest BCUT2D eigenvalue weighted by atomic mass is 10.1. The van der Waals surface area contributed by atoms with Gasteiger partial charge in [0.05, 0.1) is 0 Å². The van der Waals surface area contributed by atoms with Gasteiger partial charge in [0, 0.05) is 37.0 Å². The summed E-state index contributed by atoms with van der Waals surface area (Å²) >= 11 is 0. The summed E-state index contributed by atoms with van der Waals surface area (Å²) in [7, 11) is 0. The molecule has 1 aliphatic heterocycles. The van der Waals surface area contributed by atoms with E-state index in [0.717, 1.165) is 11.3 Å². The normalized spacial score (nSPS) is 20.4. The molecule has 0 aliphatic carbocycles. The van der Waals surface area contributed by atoms with E-state index in [1.54, 1.807) is 17.3 Å². The van der Waals surface area contributed by atoms with Crippen molar-refractivity contribution in [3.63, 3.8) is 0 Å². The summed E-state index contributed by atoms with van der Waals surface area (Å²) in [6.07, 6.45) is 9.24. The molecule has 3 nitrogen and oxygen atoms in total. The Morgan fingerprint density at radius 2 is 2.47 bits per heavy atom. The zero-order valence-corrected chi connectivity index (χ0v) is 8.60. The maximum atomic E-state index is 11.7. The lowest BCUT2D eigenvalue weighted by Crippen LogP contribution is -2.25. The zero-order valence-electron chi connectivity index (χ0n) is 8.60. The number of carbonyl (C=O) groups is 1. The van der Waals surface area contributed by atoms with E-state index < -0.39 is 0 Å². The number of aromatic nitrogens is 1. The molecule has 15 heavy (non-hydrogen) atoms. The van der Waals surface area contributed by atoms with Gasteiger partial charge in [-0.3, -0.25) is 9.78 Å². The second kappa shape index (κ2) is 3.74. The van der Waals surface area contributed by atoms with E-state index in [2.05, 4.69) is 10.9 Å². The second-order valence-electron chi connectivity index (χ2n) is 3.73. The van der Waals surface area contributed by atoms with Crippen LogP contribution in [0.4, 0.5) is 5.69 Å². The molecule has 1 saturated heterocycles. The Balaban J connectivity index is 2.30. The molecular weight excluding hydrogens is 188 g/mol. The summed E-state index contributed by atoms with van der Waals surface area (Å²) in [6.45, 7) is 2.57. The molecule has 0 aromatic carbocycles. The van der Waals surface area contributed by atoms with Gasteiger partial charge in [-0.15, -0.1) is 12.3 Å². The SMILES string of the molecule is C#CC1CC(=O)N(c2ccncc2C)C1. The Kier molecular flexibility index (Phi) is 2.42. The van der Waals surface area contributed by atoms with Crippen molar-refractivity contribution in [3.05, 3.63) is 24.0 Å². The van der Waals surface area contributed by atoms with Gasteiger partial charge in [0.25, 0.3) is 0 Å². The molecule has 0 saturated carbocycles. The third-order valence-electron chi connectivity index (χ3n) is 2.64. The summed E-state index contributed by atoms with van der Waals surface area (Å²) in [5.41, 5.74) is 1.93. The largest absolute Gasteiger partial charge is 0.311 e. The van der Waals surface area contributed by atoms with Gasteiger partial charge in [0.15, 0.2) is 0 Å². The molecule has 0 spiro atoms. The molecule has 1 atom stereocenters. The van der Waals surface area contributed by atoms with Gasteiger partial charge in [-0.2, -0.15) is 0 Å². The quantitative estimate of drug-likeness (QED) is 0.641. The van der Waals surface area contributed by atoms with Crippen molar-refractivity contribution in [2.24, 2.45) is 5.92 Å². The minimum Gasteiger partial charge on any atom is -0.311 e. The molecule has 2 rings (SSSR count). The summed E-state index contributed by atoms with van der Waals surface area (Å²) in [5, 5.41) is 0. The lowest BCUT2D eigenvalue weighted by Gasteiger charge is -2.17. The van der Waals surface area contributed by atoms with Crippen LogP contribution in [0.5, 0.6) is 0 Å². The van der Waals surface area contributed by atoms with Crippen LogP contribution in [-0.4, -0.2) is 17.4 Å². The van der Waals surface area contributed by atoms with Crippen molar-refractivity contribution in [3.8, 4) is 12.3 Å². The first-order chi connectivity index (χ1) is 7.22. The van der Waals surface area contributed by atoms with Crippen molar-refractivity contribution in [2.45, 2.75) is 13.3 Å². The van der Waals surface area contributed by atoms with Crippen LogP contribution in [0.25, 0.3) is 0 Å². The molecule has 1 fully saturated rings. The minimum absolute atomic E-state index is 0.0464. The molecule has 0 radical (unpaired) electrons. The summed E-state index contributed by atoms with van der Waals surface area (Å²) in [6, 6.07) is 1.85. The van der Waals surface area contributed by atoms with Gasteiger partial charge < -0.3 is 4.90 Å². The molecule has 1 amide bonds. The molecule has 0 bridgehead atoms. The smallest absolute Gasteiger partial charge is 0.228 e. The van der Waals surface area contributed by atoms with E-state index in [1.165, 1.54) is 0 Å². The number of nitrogens with zero attached hydrogens (tertiary/aromatic N) is 2. The van der Waals surface area contributed by atoms with E-state index in [0.29, 0.717) is 13.0 Å². The van der Waals surface area contributed by atoms with E-state index >= 15 is 0 Å². The van der Waals surface area contributed by atoms with Crippen LogP contribution in [-0.2, 0) is 4.79 Å². The molecule has 1 aromatic rings. The molecular formula is C12H12N2O. The van der Waals surface area contributed by atoms with Gasteiger partial charge in [-0.25, -0.2) is 0 Å². The highest BCUT2D eigenvalue weighted by molar-refractivity contribution is 5.96. The molecule has 3 heteroatoms. The summed E-state index contributed by atoms with van der Waals surface area (Å²) < 4.78 is 0. The Hall–Kier alpha value is -1.82. The predicted molar refractivity (Wildman–Crippen MR) is 58.3 cm³/mol. The van der Waals surface area contributed by atoms with E-state index in [-0.39, 0.29) is 11.8 Å². The van der Waals surface area contributed by atoms with E-state index in [9.17, 15) is 4.79 Å². The predicted octanol–water partition coefficient (Wildman–Crippen LogP) is 1.38. The molecule has 0 N–H and O–H groups in total. The van der Waals surface area contributed by atoms with Crippen LogP contribution in [0.3, 0.4) is 0 Å². The molecule has 1 unspecified atom stereocenters. The number of pyridine rings is 1. The first kappa shape index (κ1) is 9.72. The highest BCUT2D eigenvalue weighted by Crippen LogP contribution is 2.26. The number of rotatable bonds is 1. The van der Waals surface area contributed by atoms with Gasteiger partial charge in [0.1, 0.15) is 0 Å². The van der Waals surface area contributed by atoms with Crippen LogP contribution >= 0.6 is 0 Å². The maximum Gasteiger partial charge on any atom is 0.228 e. The number of amides is 1. The Bertz CT molecular complexity index is 433. The fourth-order valence-electron chi connectivity index (χ4n) is 1.82. The van der Waals surface area contributed by atoms with Gasteiger partial charge in [-0.05, 0) is 18.6 Å². The van der Waals surface area contributed by atoms with E-state index in [4.69, 9.17) is 6.42 Å². The first-order valence-electron chi connectivity index (χ1n) is 4.89. The number of carbonyl (C=O) groups excluding carboxylic acids is 1. The number of terminal acetylenes is 1. The minimum atomic E-state index is 0.0464. The average molecular weight is 200 g/mol. The van der Waals surface area contributed by atoms with Crippen molar-refractivity contribution in [1.82, 2.24) is 4.98 Å². The third-order valence-corrected chi connectivity index (χ3v) is 2.64. The van der Waals surface area contributed by atoms with Crippen molar-refractivity contribution < 1.29 is 4.79 Å². The van der Waals surface area contributed by atoms with Gasteiger partial charge in [0.2, 0.25) is 5.91 Å². The number of hydrogen-bond acceptors (Lipinski definition) is 2. The highest BCUT2D eigenvalue weighted by Gasteiger charge is 2.29. The van der Waals surface area contributed by atoms with Crippen molar-refractivity contribution in [1.29, 1.82) is 0 Å². The van der Waals surface area contributed by atoms with Gasteiger partial charge in [-0.1, -0.05) is 0 Å². The van der Waals surface area contributed by atoms with Crippen LogP contribution in [0.15, 0.2) is 18.5 Å². The molecule has 1 aromatic heterocycles.